The van der Waals surface area contributed by atoms with Crippen LogP contribution in [0.2, 0.25) is 0 Å². The van der Waals surface area contributed by atoms with Crippen molar-refractivity contribution in [1.82, 2.24) is 19.9 Å². The van der Waals surface area contributed by atoms with Gasteiger partial charge in [0.2, 0.25) is 0 Å². The standard InChI is InChI=1S/C26H20N6O2/c1-3-32-24-20(10-21(15-30-24)23-9-6-18(13-28)14-29-23)11-22(26(32)34)25(33)31-16(2)19-7-4-17(12-27)5-8-19/h4-11,14-16H,3H2,1-2H3,(H,31,33). The Morgan fingerprint density at radius 2 is 1.74 bits per heavy atom. The summed E-state index contributed by atoms with van der Waals surface area (Å²) in [7, 11) is 0. The highest BCUT2D eigenvalue weighted by atomic mass is 16.2. The van der Waals surface area contributed by atoms with Gasteiger partial charge in [-0.1, -0.05) is 12.1 Å². The Hall–Kier alpha value is -4.82. The summed E-state index contributed by atoms with van der Waals surface area (Å²) in [4.78, 5) is 34.9. The zero-order chi connectivity index (χ0) is 24.2. The molecule has 1 unspecified atom stereocenters. The molecule has 1 N–H and O–H groups in total. The summed E-state index contributed by atoms with van der Waals surface area (Å²) in [6.07, 6.45) is 3.10. The molecule has 0 radical (unpaired) electrons. The summed E-state index contributed by atoms with van der Waals surface area (Å²) in [6.45, 7) is 3.98. The molecule has 3 heterocycles. The Kier molecular flexibility index (Phi) is 6.16. The van der Waals surface area contributed by atoms with Gasteiger partial charge in [0.1, 0.15) is 17.3 Å². The molecular weight excluding hydrogens is 428 g/mol. The number of rotatable bonds is 5. The van der Waals surface area contributed by atoms with E-state index in [1.807, 2.05) is 26.0 Å². The van der Waals surface area contributed by atoms with Crippen molar-refractivity contribution in [3.05, 3.63) is 93.5 Å². The van der Waals surface area contributed by atoms with E-state index in [1.54, 1.807) is 48.7 Å². The number of carbonyl (C=O) groups excluding carboxylic acids is 1. The molecule has 1 amide bonds. The number of benzene rings is 1. The van der Waals surface area contributed by atoms with E-state index in [2.05, 4.69) is 21.4 Å². The van der Waals surface area contributed by atoms with Gasteiger partial charge in [-0.3, -0.25) is 19.1 Å². The van der Waals surface area contributed by atoms with Crippen molar-refractivity contribution < 1.29 is 4.79 Å². The van der Waals surface area contributed by atoms with E-state index < -0.39 is 11.5 Å². The molecule has 4 aromatic rings. The van der Waals surface area contributed by atoms with Crippen LogP contribution < -0.4 is 10.9 Å². The molecule has 1 aromatic carbocycles. The van der Waals surface area contributed by atoms with Crippen LogP contribution in [0.3, 0.4) is 0 Å². The molecule has 34 heavy (non-hydrogen) atoms. The van der Waals surface area contributed by atoms with Gasteiger partial charge in [0.05, 0.1) is 28.9 Å². The minimum absolute atomic E-state index is 0.0154. The fourth-order valence-electron chi connectivity index (χ4n) is 3.70. The summed E-state index contributed by atoms with van der Waals surface area (Å²) in [5, 5.41) is 21.4. The number of nitrogens with one attached hydrogen (secondary N) is 1. The van der Waals surface area contributed by atoms with Crippen LogP contribution in [0.5, 0.6) is 0 Å². The molecule has 4 rings (SSSR count). The fourth-order valence-corrected chi connectivity index (χ4v) is 3.70. The number of hydrogen-bond acceptors (Lipinski definition) is 6. The first kappa shape index (κ1) is 22.4. The van der Waals surface area contributed by atoms with Crippen LogP contribution in [0.1, 0.15) is 46.9 Å². The number of pyridine rings is 3. The first-order chi connectivity index (χ1) is 16.4. The lowest BCUT2D eigenvalue weighted by Crippen LogP contribution is -2.34. The van der Waals surface area contributed by atoms with Crippen LogP contribution in [0, 0.1) is 22.7 Å². The van der Waals surface area contributed by atoms with Gasteiger partial charge in [-0.15, -0.1) is 0 Å². The Bertz CT molecular complexity index is 1520. The summed E-state index contributed by atoms with van der Waals surface area (Å²) in [5.41, 5.74) is 3.20. The highest BCUT2D eigenvalue weighted by molar-refractivity contribution is 5.97. The molecule has 0 bridgehead atoms. The SMILES string of the molecule is CCn1c(=O)c(C(=O)NC(C)c2ccc(C#N)cc2)cc2cc(-c3ccc(C#N)cn3)cnc21. The molecule has 0 aliphatic rings. The highest BCUT2D eigenvalue weighted by Gasteiger charge is 2.19. The maximum Gasteiger partial charge on any atom is 0.265 e. The maximum absolute atomic E-state index is 13.1. The zero-order valence-corrected chi connectivity index (χ0v) is 18.6. The molecule has 0 fully saturated rings. The third-order valence-electron chi connectivity index (χ3n) is 5.56. The topological polar surface area (TPSA) is 124 Å². The second-order valence-electron chi connectivity index (χ2n) is 7.72. The normalized spacial score (nSPS) is 11.4. The van der Waals surface area contributed by atoms with Crippen LogP contribution in [-0.4, -0.2) is 20.4 Å². The summed E-state index contributed by atoms with van der Waals surface area (Å²) in [6, 6.07) is 17.4. The van der Waals surface area contributed by atoms with Crippen LogP contribution in [0.25, 0.3) is 22.3 Å². The van der Waals surface area contributed by atoms with Crippen molar-refractivity contribution in [3.8, 4) is 23.4 Å². The minimum Gasteiger partial charge on any atom is -0.345 e. The first-order valence-electron chi connectivity index (χ1n) is 10.7. The smallest absolute Gasteiger partial charge is 0.265 e. The third-order valence-corrected chi connectivity index (χ3v) is 5.56. The number of aromatic nitrogens is 3. The van der Waals surface area contributed by atoms with Crippen LogP contribution in [-0.2, 0) is 6.54 Å². The number of fused-ring (bicyclic) bond motifs is 1. The molecule has 0 aliphatic heterocycles. The van der Waals surface area contributed by atoms with Crippen molar-refractivity contribution in [2.75, 3.05) is 0 Å². The third kappa shape index (κ3) is 4.25. The van der Waals surface area contributed by atoms with Gasteiger partial charge in [-0.25, -0.2) is 4.98 Å². The number of hydrogen-bond donors (Lipinski definition) is 1. The minimum atomic E-state index is -0.493. The Morgan fingerprint density at radius 3 is 2.35 bits per heavy atom. The number of amides is 1. The van der Waals surface area contributed by atoms with Crippen LogP contribution in [0.4, 0.5) is 0 Å². The van der Waals surface area contributed by atoms with Crippen molar-refractivity contribution in [2.45, 2.75) is 26.4 Å². The average Bonchev–Trinajstić information content (AvgIpc) is 2.88. The van der Waals surface area contributed by atoms with E-state index in [0.717, 1.165) is 5.56 Å². The van der Waals surface area contributed by atoms with E-state index in [9.17, 15) is 9.59 Å². The number of carbonyl (C=O) groups is 1. The van der Waals surface area contributed by atoms with E-state index in [1.165, 1.54) is 10.8 Å². The molecular formula is C26H20N6O2. The van der Waals surface area contributed by atoms with E-state index >= 15 is 0 Å². The summed E-state index contributed by atoms with van der Waals surface area (Å²) < 4.78 is 1.46. The highest BCUT2D eigenvalue weighted by Crippen LogP contribution is 2.22. The number of nitrogens with zero attached hydrogens (tertiary/aromatic N) is 5. The monoisotopic (exact) mass is 448 g/mol. The largest absolute Gasteiger partial charge is 0.345 e. The predicted octanol–water partition coefficient (Wildman–Crippen LogP) is 3.71. The van der Waals surface area contributed by atoms with Gasteiger partial charge in [-0.2, -0.15) is 10.5 Å². The van der Waals surface area contributed by atoms with Crippen molar-refractivity contribution in [2.24, 2.45) is 0 Å². The van der Waals surface area contributed by atoms with Crippen LogP contribution >= 0.6 is 0 Å². The molecule has 166 valence electrons. The van der Waals surface area contributed by atoms with Crippen molar-refractivity contribution in [3.63, 3.8) is 0 Å². The molecule has 0 spiro atoms. The summed E-state index contributed by atoms with van der Waals surface area (Å²) in [5.74, 6) is -0.493. The van der Waals surface area contributed by atoms with Gasteiger partial charge in [-0.05, 0) is 55.8 Å². The maximum atomic E-state index is 13.1. The van der Waals surface area contributed by atoms with E-state index in [0.29, 0.717) is 40.0 Å². The second-order valence-corrected chi connectivity index (χ2v) is 7.72. The average molecular weight is 448 g/mol. The van der Waals surface area contributed by atoms with Gasteiger partial charge >= 0.3 is 0 Å². The van der Waals surface area contributed by atoms with Gasteiger partial charge in [0.25, 0.3) is 11.5 Å². The molecule has 3 aromatic heterocycles. The lowest BCUT2D eigenvalue weighted by Gasteiger charge is -2.16. The van der Waals surface area contributed by atoms with Gasteiger partial charge in [0.15, 0.2) is 0 Å². The zero-order valence-electron chi connectivity index (χ0n) is 18.6. The lowest BCUT2D eigenvalue weighted by atomic mass is 10.1. The summed E-state index contributed by atoms with van der Waals surface area (Å²) >= 11 is 0. The van der Waals surface area contributed by atoms with Crippen LogP contribution in [0.15, 0.2) is 65.7 Å². The second kappa shape index (κ2) is 9.35. The quantitative estimate of drug-likeness (QED) is 0.496. The van der Waals surface area contributed by atoms with Gasteiger partial charge < -0.3 is 5.32 Å². The number of nitriles is 2. The Labute approximate surface area is 195 Å². The van der Waals surface area contributed by atoms with Crippen molar-refractivity contribution in [1.29, 1.82) is 10.5 Å². The fraction of sp³-hybridized carbons (Fsp3) is 0.154. The molecule has 0 saturated carbocycles. The number of aryl methyl sites for hydroxylation is 1. The Morgan fingerprint density at radius 1 is 1.03 bits per heavy atom. The van der Waals surface area contributed by atoms with Gasteiger partial charge in [0, 0.05) is 29.9 Å². The molecule has 0 saturated heterocycles. The molecule has 1 atom stereocenters. The predicted molar refractivity (Wildman–Crippen MR) is 127 cm³/mol. The lowest BCUT2D eigenvalue weighted by molar-refractivity contribution is 0.0938. The van der Waals surface area contributed by atoms with E-state index in [4.69, 9.17) is 10.5 Å². The van der Waals surface area contributed by atoms with E-state index in [-0.39, 0.29) is 11.6 Å². The molecule has 8 heteroatoms. The Balaban J connectivity index is 1.71. The first-order valence-corrected chi connectivity index (χ1v) is 10.7. The molecule has 0 aliphatic carbocycles. The molecule has 8 nitrogen and oxygen atoms in total. The van der Waals surface area contributed by atoms with Crippen molar-refractivity contribution >= 4 is 16.9 Å².